The molecular formula is C22H22N4O2S. The molecule has 3 aromatic rings. The highest BCUT2D eigenvalue weighted by molar-refractivity contribution is 7.98. The van der Waals surface area contributed by atoms with Gasteiger partial charge in [-0.3, -0.25) is 9.69 Å². The van der Waals surface area contributed by atoms with E-state index in [4.69, 9.17) is 4.74 Å². The van der Waals surface area contributed by atoms with Crippen molar-refractivity contribution in [1.29, 1.82) is 0 Å². The van der Waals surface area contributed by atoms with Crippen LogP contribution in [0.15, 0.2) is 47.6 Å². The second-order valence-electron chi connectivity index (χ2n) is 6.97. The Bertz CT molecular complexity index is 1070. The molecule has 0 bridgehead atoms. The van der Waals surface area contributed by atoms with Crippen molar-refractivity contribution in [1.82, 2.24) is 15.2 Å². The number of anilines is 1. The third-order valence-electron chi connectivity index (χ3n) is 4.88. The van der Waals surface area contributed by atoms with Crippen LogP contribution in [0.25, 0.3) is 11.3 Å². The van der Waals surface area contributed by atoms with E-state index in [0.29, 0.717) is 23.2 Å². The first-order valence-electron chi connectivity index (χ1n) is 9.46. The van der Waals surface area contributed by atoms with Crippen LogP contribution in [0.3, 0.4) is 0 Å². The van der Waals surface area contributed by atoms with Gasteiger partial charge in [0.2, 0.25) is 23.2 Å². The summed E-state index contributed by atoms with van der Waals surface area (Å²) in [4.78, 5) is 19.3. The van der Waals surface area contributed by atoms with Crippen molar-refractivity contribution in [3.63, 3.8) is 0 Å². The zero-order valence-electron chi connectivity index (χ0n) is 16.8. The summed E-state index contributed by atoms with van der Waals surface area (Å²) in [5, 5.41) is 9.12. The highest BCUT2D eigenvalue weighted by Crippen LogP contribution is 2.44. The molecule has 6 nitrogen and oxygen atoms in total. The largest absolute Gasteiger partial charge is 0.447 e. The Kier molecular flexibility index (Phi) is 5.24. The number of carbonyl (C=O) groups is 1. The summed E-state index contributed by atoms with van der Waals surface area (Å²) < 4.78 is 6.36. The number of benzene rings is 2. The highest BCUT2D eigenvalue weighted by Gasteiger charge is 2.35. The Hall–Kier alpha value is -2.93. The second kappa shape index (κ2) is 7.83. The topological polar surface area (TPSA) is 68.2 Å². The number of carbonyl (C=O) groups excluding carboxylic acids is 1. The molecule has 0 spiro atoms. The van der Waals surface area contributed by atoms with Crippen LogP contribution >= 0.6 is 11.8 Å². The average Bonchev–Trinajstić information content (AvgIpc) is 2.87. The van der Waals surface area contributed by atoms with E-state index in [9.17, 15) is 4.79 Å². The molecule has 1 atom stereocenters. The van der Waals surface area contributed by atoms with Gasteiger partial charge in [0.1, 0.15) is 0 Å². The Morgan fingerprint density at radius 3 is 2.52 bits per heavy atom. The van der Waals surface area contributed by atoms with Crippen molar-refractivity contribution < 1.29 is 9.53 Å². The fraction of sp³-hybridized carbons (Fsp3) is 0.273. The van der Waals surface area contributed by atoms with Gasteiger partial charge in [-0.1, -0.05) is 60.1 Å². The van der Waals surface area contributed by atoms with E-state index >= 15 is 0 Å². The fourth-order valence-electron chi connectivity index (χ4n) is 3.35. The number of nitrogens with zero attached hydrogens (tertiary/aromatic N) is 4. The molecule has 0 N–H and O–H groups in total. The molecular weight excluding hydrogens is 384 g/mol. The Morgan fingerprint density at radius 1 is 1.10 bits per heavy atom. The van der Waals surface area contributed by atoms with Gasteiger partial charge in [0, 0.05) is 17.5 Å². The quantitative estimate of drug-likeness (QED) is 0.587. The van der Waals surface area contributed by atoms with E-state index in [1.165, 1.54) is 11.8 Å². The molecule has 0 fully saturated rings. The maximum atomic E-state index is 13.1. The van der Waals surface area contributed by atoms with Gasteiger partial charge in [0.05, 0.1) is 5.69 Å². The minimum atomic E-state index is -0.642. The van der Waals surface area contributed by atoms with E-state index in [2.05, 4.69) is 15.2 Å². The number of ether oxygens (including phenoxy) is 1. The van der Waals surface area contributed by atoms with Crippen LogP contribution in [0.4, 0.5) is 5.69 Å². The molecule has 7 heteroatoms. The molecule has 29 heavy (non-hydrogen) atoms. The van der Waals surface area contributed by atoms with E-state index < -0.39 is 6.23 Å². The van der Waals surface area contributed by atoms with E-state index in [1.54, 1.807) is 4.90 Å². The van der Waals surface area contributed by atoms with Crippen LogP contribution in [0.2, 0.25) is 0 Å². The predicted octanol–water partition coefficient (Wildman–Crippen LogP) is 4.71. The Labute approximate surface area is 174 Å². The molecule has 1 aliphatic heterocycles. The van der Waals surface area contributed by atoms with Crippen LogP contribution in [-0.2, 0) is 4.79 Å². The maximum Gasteiger partial charge on any atom is 0.247 e. The van der Waals surface area contributed by atoms with Crippen molar-refractivity contribution in [3.8, 4) is 17.1 Å². The lowest BCUT2D eigenvalue weighted by Gasteiger charge is -2.30. The maximum absolute atomic E-state index is 13.1. The van der Waals surface area contributed by atoms with Crippen LogP contribution in [0, 0.1) is 13.8 Å². The van der Waals surface area contributed by atoms with Crippen molar-refractivity contribution in [2.75, 3.05) is 11.2 Å². The highest BCUT2D eigenvalue weighted by atomic mass is 32.2. The summed E-state index contributed by atoms with van der Waals surface area (Å²) in [6, 6.07) is 13.9. The molecule has 0 saturated carbocycles. The van der Waals surface area contributed by atoms with Crippen LogP contribution in [0.5, 0.6) is 5.88 Å². The lowest BCUT2D eigenvalue weighted by Crippen LogP contribution is -2.37. The zero-order chi connectivity index (χ0) is 20.5. The number of hydrogen-bond acceptors (Lipinski definition) is 6. The third kappa shape index (κ3) is 3.58. The smallest absolute Gasteiger partial charge is 0.247 e. The van der Waals surface area contributed by atoms with E-state index in [0.717, 1.165) is 27.9 Å². The lowest BCUT2D eigenvalue weighted by atomic mass is 10.0. The first-order valence-corrected chi connectivity index (χ1v) is 10.7. The number of fused-ring (bicyclic) bond motifs is 3. The van der Waals surface area contributed by atoms with Crippen molar-refractivity contribution in [2.24, 2.45) is 0 Å². The SMILES string of the molecule is CCC(=O)N1c2ccc(C)cc2-c2nnc(SC)nc2O[C@@H]1c1ccc(C)cc1. The van der Waals surface area contributed by atoms with Gasteiger partial charge in [0.15, 0.2) is 5.69 Å². The first-order chi connectivity index (χ1) is 14.0. The molecule has 148 valence electrons. The van der Waals surface area contributed by atoms with Gasteiger partial charge in [0.25, 0.3) is 0 Å². The molecule has 1 aliphatic rings. The summed E-state index contributed by atoms with van der Waals surface area (Å²) in [7, 11) is 0. The standard InChI is InChI=1S/C22H22N4O2S/c1-5-18(27)26-17-11-8-14(3)12-16(17)19-20(23-22(29-4)25-24-19)28-21(26)15-9-6-13(2)7-10-15/h6-12,21H,5H2,1-4H3/t21-/m1/s1. The first kappa shape index (κ1) is 19.4. The number of thioether (sulfide) groups is 1. The zero-order valence-corrected chi connectivity index (χ0v) is 17.7. The normalized spacial score (nSPS) is 15.2. The average molecular weight is 407 g/mol. The molecule has 0 saturated heterocycles. The monoisotopic (exact) mass is 406 g/mol. The molecule has 1 amide bonds. The summed E-state index contributed by atoms with van der Waals surface area (Å²) in [6.07, 6.45) is 1.60. The molecule has 2 heterocycles. The van der Waals surface area contributed by atoms with Gasteiger partial charge >= 0.3 is 0 Å². The minimum absolute atomic E-state index is 0.0356. The van der Waals surface area contributed by atoms with Crippen LogP contribution in [0.1, 0.15) is 36.3 Å². The molecule has 1 aromatic heterocycles. The van der Waals surface area contributed by atoms with Gasteiger partial charge in [-0.15, -0.1) is 10.2 Å². The Balaban J connectivity index is 1.99. The van der Waals surface area contributed by atoms with Crippen molar-refractivity contribution in [2.45, 2.75) is 38.6 Å². The number of amides is 1. The van der Waals surface area contributed by atoms with Gasteiger partial charge in [-0.05, 0) is 32.2 Å². The van der Waals surface area contributed by atoms with Crippen LogP contribution < -0.4 is 9.64 Å². The van der Waals surface area contributed by atoms with Gasteiger partial charge in [-0.2, -0.15) is 4.98 Å². The van der Waals surface area contributed by atoms with E-state index in [-0.39, 0.29) is 5.91 Å². The Morgan fingerprint density at radius 2 is 1.83 bits per heavy atom. The minimum Gasteiger partial charge on any atom is -0.447 e. The number of aryl methyl sites for hydroxylation is 2. The van der Waals surface area contributed by atoms with Crippen molar-refractivity contribution >= 4 is 23.4 Å². The molecule has 0 radical (unpaired) electrons. The third-order valence-corrected chi connectivity index (χ3v) is 5.41. The summed E-state index contributed by atoms with van der Waals surface area (Å²) in [6.45, 7) is 5.89. The van der Waals surface area contributed by atoms with Crippen molar-refractivity contribution in [3.05, 3.63) is 59.2 Å². The van der Waals surface area contributed by atoms with Gasteiger partial charge < -0.3 is 4.74 Å². The number of aromatic nitrogens is 3. The number of hydrogen-bond donors (Lipinski definition) is 0. The summed E-state index contributed by atoms with van der Waals surface area (Å²) in [5.41, 5.74) is 5.17. The lowest BCUT2D eigenvalue weighted by molar-refractivity contribution is -0.120. The summed E-state index contributed by atoms with van der Waals surface area (Å²) >= 11 is 1.40. The molecule has 4 rings (SSSR count). The molecule has 0 aliphatic carbocycles. The van der Waals surface area contributed by atoms with Gasteiger partial charge in [-0.25, -0.2) is 0 Å². The second-order valence-corrected chi connectivity index (χ2v) is 7.74. The predicted molar refractivity (Wildman–Crippen MR) is 114 cm³/mol. The fourth-order valence-corrected chi connectivity index (χ4v) is 3.65. The summed E-state index contributed by atoms with van der Waals surface area (Å²) in [5.74, 6) is 0.347. The van der Waals surface area contributed by atoms with Crippen LogP contribution in [-0.4, -0.2) is 27.3 Å². The molecule has 2 aromatic carbocycles. The molecule has 0 unspecified atom stereocenters. The van der Waals surface area contributed by atoms with E-state index in [1.807, 2.05) is 69.5 Å². The number of rotatable bonds is 3.